The summed E-state index contributed by atoms with van der Waals surface area (Å²) in [7, 11) is 1.82. The minimum Gasteiger partial charge on any atom is -0.507 e. The van der Waals surface area contributed by atoms with Gasteiger partial charge in [-0.15, -0.1) is 0 Å². The Bertz CT molecular complexity index is 1610. The number of ether oxygens (including phenoxy) is 1. The van der Waals surface area contributed by atoms with Crippen molar-refractivity contribution in [3.05, 3.63) is 41.7 Å². The second-order valence-electron chi connectivity index (χ2n) is 11.0. The first-order valence-electron chi connectivity index (χ1n) is 13.4. The third kappa shape index (κ3) is 5.23. The van der Waals surface area contributed by atoms with Gasteiger partial charge < -0.3 is 25.0 Å². The van der Waals surface area contributed by atoms with Crippen molar-refractivity contribution in [2.24, 2.45) is 7.05 Å². The van der Waals surface area contributed by atoms with Gasteiger partial charge in [-0.2, -0.15) is 5.10 Å². The first kappa shape index (κ1) is 27.2. The van der Waals surface area contributed by atoms with E-state index < -0.39 is 5.60 Å². The third-order valence-electron chi connectivity index (χ3n) is 6.89. The summed E-state index contributed by atoms with van der Waals surface area (Å²) < 4.78 is 7.21. The van der Waals surface area contributed by atoms with Gasteiger partial charge >= 0.3 is 6.09 Å². The van der Waals surface area contributed by atoms with Crippen LogP contribution in [0.2, 0.25) is 0 Å². The summed E-state index contributed by atoms with van der Waals surface area (Å²) >= 11 is 0. The molecule has 4 aromatic rings. The van der Waals surface area contributed by atoms with Gasteiger partial charge in [-0.25, -0.2) is 14.8 Å². The molecule has 0 bridgehead atoms. The van der Waals surface area contributed by atoms with E-state index in [1.54, 1.807) is 22.6 Å². The summed E-state index contributed by atoms with van der Waals surface area (Å²) in [5.41, 5.74) is 2.95. The van der Waals surface area contributed by atoms with Crippen molar-refractivity contribution in [3.63, 3.8) is 0 Å². The van der Waals surface area contributed by atoms with Crippen molar-refractivity contribution < 1.29 is 19.4 Å². The Morgan fingerprint density at radius 2 is 1.82 bits per heavy atom. The molecule has 40 heavy (non-hydrogen) atoms. The second kappa shape index (κ2) is 10.3. The molecule has 1 fully saturated rings. The van der Waals surface area contributed by atoms with Gasteiger partial charge in [0.25, 0.3) is 5.91 Å². The molecule has 1 aliphatic rings. The van der Waals surface area contributed by atoms with Crippen molar-refractivity contribution >= 4 is 39.5 Å². The second-order valence-corrected chi connectivity index (χ2v) is 11.0. The zero-order valence-corrected chi connectivity index (χ0v) is 23.8. The summed E-state index contributed by atoms with van der Waals surface area (Å²) in [6, 6.07) is 7.54. The maximum absolute atomic E-state index is 13.2. The SMILES string of the molecule is CCNC(=O)c1nc(-c2cc3cn(C)nc3c(C)c2O)nc2ccc(N3CCN(C(=O)OC(C)(C)C)CC3)cc12. The quantitative estimate of drug-likeness (QED) is 0.394. The van der Waals surface area contributed by atoms with E-state index in [1.807, 2.05) is 59.1 Å². The number of aromatic hydroxyl groups is 1. The largest absolute Gasteiger partial charge is 0.507 e. The molecule has 210 valence electrons. The fourth-order valence-electron chi connectivity index (χ4n) is 4.94. The highest BCUT2D eigenvalue weighted by Crippen LogP contribution is 2.36. The normalized spacial score (nSPS) is 14.2. The zero-order chi connectivity index (χ0) is 28.8. The number of phenolic OH excluding ortho intramolecular Hbond substituents is 1. The number of anilines is 1. The summed E-state index contributed by atoms with van der Waals surface area (Å²) in [5, 5.41) is 19.8. The molecule has 0 spiro atoms. The summed E-state index contributed by atoms with van der Waals surface area (Å²) in [6.45, 7) is 12.0. The Balaban J connectivity index is 1.51. The summed E-state index contributed by atoms with van der Waals surface area (Å²) in [6.07, 6.45) is 1.55. The first-order valence-corrected chi connectivity index (χ1v) is 13.4. The molecule has 2 amide bonds. The average molecular weight is 546 g/mol. The van der Waals surface area contributed by atoms with Crippen LogP contribution in [0.4, 0.5) is 10.5 Å². The number of nitrogens with one attached hydrogen (secondary N) is 1. The van der Waals surface area contributed by atoms with Gasteiger partial charge in [0, 0.05) is 68.0 Å². The Hall–Kier alpha value is -4.41. The van der Waals surface area contributed by atoms with E-state index in [9.17, 15) is 14.7 Å². The Morgan fingerprint density at radius 1 is 1.10 bits per heavy atom. The Labute approximate surface area is 232 Å². The van der Waals surface area contributed by atoms with Gasteiger partial charge in [-0.3, -0.25) is 9.48 Å². The van der Waals surface area contributed by atoms with Crippen LogP contribution < -0.4 is 10.2 Å². The molecule has 11 heteroatoms. The van der Waals surface area contributed by atoms with E-state index in [2.05, 4.69) is 20.3 Å². The van der Waals surface area contributed by atoms with E-state index in [-0.39, 0.29) is 29.3 Å². The number of fused-ring (bicyclic) bond motifs is 2. The lowest BCUT2D eigenvalue weighted by molar-refractivity contribution is 0.0240. The van der Waals surface area contributed by atoms with Crippen LogP contribution in [0.15, 0.2) is 30.5 Å². The number of phenols is 1. The molecule has 0 aliphatic carbocycles. The topological polar surface area (TPSA) is 126 Å². The molecule has 0 atom stereocenters. The van der Waals surface area contributed by atoms with E-state index in [4.69, 9.17) is 9.72 Å². The lowest BCUT2D eigenvalue weighted by Gasteiger charge is -2.36. The van der Waals surface area contributed by atoms with Crippen molar-refractivity contribution in [2.75, 3.05) is 37.6 Å². The van der Waals surface area contributed by atoms with Gasteiger partial charge in [0.1, 0.15) is 17.0 Å². The fourth-order valence-corrected chi connectivity index (χ4v) is 4.94. The van der Waals surface area contributed by atoms with Gasteiger partial charge in [0.2, 0.25) is 0 Å². The fraction of sp³-hybridized carbons (Fsp3) is 0.414. The van der Waals surface area contributed by atoms with Crippen LogP contribution in [0.3, 0.4) is 0 Å². The highest BCUT2D eigenvalue weighted by atomic mass is 16.6. The molecule has 3 heterocycles. The number of carbonyl (C=O) groups excluding carboxylic acids is 2. The molecule has 1 aliphatic heterocycles. The minimum absolute atomic E-state index is 0.0341. The standard InChI is InChI=1S/C29H35N7O4/c1-7-30-27(38)24-20-15-19(35-10-12-36(13-11-35)28(39)40-29(3,4)5)8-9-22(20)31-26(32-24)21-14-18-16-34(6)33-23(18)17(2)25(21)37/h8-9,14-16,37H,7,10-13H2,1-6H3,(H,30,38). The summed E-state index contributed by atoms with van der Waals surface area (Å²) in [4.78, 5) is 39.0. The van der Waals surface area contributed by atoms with E-state index in [1.165, 1.54) is 0 Å². The Kier molecular flexibility index (Phi) is 6.99. The number of rotatable bonds is 4. The van der Waals surface area contributed by atoms with Crippen molar-refractivity contribution in [1.29, 1.82) is 0 Å². The third-order valence-corrected chi connectivity index (χ3v) is 6.89. The molecule has 0 unspecified atom stereocenters. The molecule has 2 N–H and O–H groups in total. The molecule has 1 saturated heterocycles. The van der Waals surface area contributed by atoms with Crippen molar-refractivity contribution in [2.45, 2.75) is 40.2 Å². The number of aromatic nitrogens is 4. The number of carbonyl (C=O) groups is 2. The van der Waals surface area contributed by atoms with Gasteiger partial charge in [-0.05, 0) is 58.9 Å². The molecule has 0 radical (unpaired) electrons. The highest BCUT2D eigenvalue weighted by molar-refractivity contribution is 6.06. The number of amides is 2. The average Bonchev–Trinajstić information content (AvgIpc) is 3.29. The smallest absolute Gasteiger partial charge is 0.410 e. The van der Waals surface area contributed by atoms with E-state index >= 15 is 0 Å². The van der Waals surface area contributed by atoms with Crippen LogP contribution in [-0.4, -0.2) is 80.1 Å². The van der Waals surface area contributed by atoms with Gasteiger partial charge in [-0.1, -0.05) is 0 Å². The van der Waals surface area contributed by atoms with Gasteiger partial charge in [0.05, 0.1) is 16.6 Å². The lowest BCUT2D eigenvalue weighted by atomic mass is 10.0. The van der Waals surface area contributed by atoms with E-state index in [0.29, 0.717) is 60.3 Å². The molecule has 5 rings (SSSR count). The van der Waals surface area contributed by atoms with Gasteiger partial charge in [0.15, 0.2) is 5.82 Å². The summed E-state index contributed by atoms with van der Waals surface area (Å²) in [5.74, 6) is -0.0209. The van der Waals surface area contributed by atoms with Crippen LogP contribution in [0, 0.1) is 6.92 Å². The number of aryl methyl sites for hydroxylation is 2. The molecule has 2 aromatic heterocycles. The monoisotopic (exact) mass is 545 g/mol. The molecule has 11 nitrogen and oxygen atoms in total. The van der Waals surface area contributed by atoms with Crippen LogP contribution >= 0.6 is 0 Å². The highest BCUT2D eigenvalue weighted by Gasteiger charge is 2.27. The minimum atomic E-state index is -0.542. The number of hydrogen-bond acceptors (Lipinski definition) is 8. The van der Waals surface area contributed by atoms with Crippen molar-refractivity contribution in [1.82, 2.24) is 30.0 Å². The van der Waals surface area contributed by atoms with Crippen LogP contribution in [-0.2, 0) is 11.8 Å². The first-order chi connectivity index (χ1) is 18.9. The van der Waals surface area contributed by atoms with Crippen LogP contribution in [0.5, 0.6) is 5.75 Å². The van der Waals surface area contributed by atoms with E-state index in [0.717, 1.165) is 11.1 Å². The molecule has 2 aromatic carbocycles. The predicted octanol–water partition coefficient (Wildman–Crippen LogP) is 4.00. The predicted molar refractivity (Wildman–Crippen MR) is 154 cm³/mol. The number of nitrogens with zero attached hydrogens (tertiary/aromatic N) is 6. The lowest BCUT2D eigenvalue weighted by Crippen LogP contribution is -2.50. The maximum Gasteiger partial charge on any atom is 0.410 e. The van der Waals surface area contributed by atoms with Crippen LogP contribution in [0.1, 0.15) is 43.7 Å². The Morgan fingerprint density at radius 3 is 2.50 bits per heavy atom. The number of hydrogen-bond donors (Lipinski definition) is 2. The number of piperazine rings is 1. The van der Waals surface area contributed by atoms with Crippen LogP contribution in [0.25, 0.3) is 33.2 Å². The number of benzene rings is 2. The van der Waals surface area contributed by atoms with Crippen molar-refractivity contribution in [3.8, 4) is 17.1 Å². The zero-order valence-electron chi connectivity index (χ0n) is 23.8. The molecular weight excluding hydrogens is 510 g/mol. The molecular formula is C29H35N7O4. The molecule has 0 saturated carbocycles. The maximum atomic E-state index is 13.2.